The first-order valence-electron chi connectivity index (χ1n) is 6.99. The minimum Gasteiger partial charge on any atom is -0.379 e. The summed E-state index contributed by atoms with van der Waals surface area (Å²) in [7, 11) is -2.50. The predicted molar refractivity (Wildman–Crippen MR) is 86.1 cm³/mol. The number of carbonyl (C=O) groups is 1. The first-order valence-corrected chi connectivity index (χ1v) is 8.43. The molecule has 7 nitrogen and oxygen atoms in total. The second-order valence-corrected chi connectivity index (χ2v) is 6.36. The summed E-state index contributed by atoms with van der Waals surface area (Å²) in [6.07, 6.45) is 3.42. The summed E-state index contributed by atoms with van der Waals surface area (Å²) < 4.78 is 30.8. The lowest BCUT2D eigenvalue weighted by atomic mass is 10.2. The van der Waals surface area contributed by atoms with Crippen LogP contribution >= 0.6 is 0 Å². The molecule has 0 aliphatic carbocycles. The van der Waals surface area contributed by atoms with Crippen molar-refractivity contribution in [1.29, 1.82) is 5.26 Å². The van der Waals surface area contributed by atoms with Crippen molar-refractivity contribution in [2.75, 3.05) is 18.9 Å². The molecule has 0 heterocycles. The molecule has 0 radical (unpaired) electrons. The topological polar surface area (TPSA) is 111 Å². The van der Waals surface area contributed by atoms with E-state index in [0.29, 0.717) is 5.69 Å². The van der Waals surface area contributed by atoms with Gasteiger partial charge in [-0.1, -0.05) is 13.3 Å². The van der Waals surface area contributed by atoms with Crippen LogP contribution in [0.2, 0.25) is 0 Å². The van der Waals surface area contributed by atoms with Gasteiger partial charge in [-0.25, -0.2) is 0 Å². The fourth-order valence-corrected chi connectivity index (χ4v) is 2.22. The first-order chi connectivity index (χ1) is 10.8. The smallest absolute Gasteiger partial charge is 0.294 e. The molecule has 1 rings (SSSR count). The fourth-order valence-electron chi connectivity index (χ4n) is 1.74. The van der Waals surface area contributed by atoms with E-state index in [0.717, 1.165) is 31.5 Å². The molecule has 0 bridgehead atoms. The van der Waals surface area contributed by atoms with Gasteiger partial charge in [0.1, 0.15) is 11.6 Å². The molecular weight excluding hydrogens is 318 g/mol. The summed E-state index contributed by atoms with van der Waals surface area (Å²) >= 11 is 0. The molecule has 0 saturated heterocycles. The van der Waals surface area contributed by atoms with Crippen molar-refractivity contribution in [1.82, 2.24) is 4.90 Å². The Balaban J connectivity index is 2.81. The van der Waals surface area contributed by atoms with Crippen molar-refractivity contribution < 1.29 is 17.8 Å². The maximum atomic E-state index is 12.0. The van der Waals surface area contributed by atoms with Gasteiger partial charge in [-0.2, -0.15) is 13.7 Å². The molecule has 1 aromatic rings. The Morgan fingerprint density at radius 1 is 1.39 bits per heavy atom. The van der Waals surface area contributed by atoms with Gasteiger partial charge < -0.3 is 10.2 Å². The van der Waals surface area contributed by atoms with Gasteiger partial charge in [0.05, 0.1) is 4.90 Å². The average molecular weight is 337 g/mol. The minimum absolute atomic E-state index is 0.0533. The molecular formula is C15H19N3O4S. The zero-order valence-corrected chi connectivity index (χ0v) is 13.8. The van der Waals surface area contributed by atoms with E-state index in [-0.39, 0.29) is 10.5 Å². The molecule has 23 heavy (non-hydrogen) atoms. The van der Waals surface area contributed by atoms with Crippen LogP contribution in [0.15, 0.2) is 40.9 Å². The highest BCUT2D eigenvalue weighted by molar-refractivity contribution is 7.85. The lowest BCUT2D eigenvalue weighted by Crippen LogP contribution is -2.19. The van der Waals surface area contributed by atoms with Crippen molar-refractivity contribution in [2.24, 2.45) is 0 Å². The van der Waals surface area contributed by atoms with Crippen LogP contribution in [0, 0.1) is 11.3 Å². The standard InChI is InChI=1S/C15H19N3O4S/c1-3-4-9-18(2)11-12(10-16)15(19)17-13-5-7-14(8-6-13)23(20,21)22/h5-8,11H,3-4,9H2,1-2H3,(H,17,19)(H,20,21,22)/b12-11-. The van der Waals surface area contributed by atoms with Crippen LogP contribution in [0.5, 0.6) is 0 Å². The second kappa shape index (κ2) is 8.31. The van der Waals surface area contributed by atoms with Crippen LogP contribution in [-0.2, 0) is 14.9 Å². The third kappa shape index (κ3) is 6.10. The summed E-state index contributed by atoms with van der Waals surface area (Å²) in [6.45, 7) is 2.78. The van der Waals surface area contributed by atoms with E-state index >= 15 is 0 Å². The lowest BCUT2D eigenvalue weighted by molar-refractivity contribution is -0.112. The molecule has 1 amide bonds. The zero-order valence-electron chi connectivity index (χ0n) is 13.0. The number of amides is 1. The molecule has 0 saturated carbocycles. The number of nitrogens with one attached hydrogen (secondary N) is 1. The third-order valence-electron chi connectivity index (χ3n) is 2.99. The van der Waals surface area contributed by atoms with E-state index in [1.54, 1.807) is 11.9 Å². The predicted octanol–water partition coefficient (Wildman–Crippen LogP) is 2.01. The van der Waals surface area contributed by atoms with Crippen LogP contribution in [-0.4, -0.2) is 37.4 Å². The Morgan fingerprint density at radius 3 is 2.48 bits per heavy atom. The van der Waals surface area contributed by atoms with Crippen molar-refractivity contribution in [2.45, 2.75) is 24.7 Å². The number of rotatable bonds is 7. The Morgan fingerprint density at radius 2 is 2.00 bits per heavy atom. The number of hydrogen-bond donors (Lipinski definition) is 2. The Kier molecular flexibility index (Phi) is 6.75. The molecule has 0 fully saturated rings. The fraction of sp³-hybridized carbons (Fsp3) is 0.333. The van der Waals surface area contributed by atoms with Gasteiger partial charge in [-0.3, -0.25) is 9.35 Å². The average Bonchev–Trinajstić information content (AvgIpc) is 2.50. The van der Waals surface area contributed by atoms with Crippen LogP contribution in [0.1, 0.15) is 19.8 Å². The molecule has 0 aromatic heterocycles. The maximum Gasteiger partial charge on any atom is 0.294 e. The Labute approximate surface area is 136 Å². The molecule has 2 N–H and O–H groups in total. The molecule has 124 valence electrons. The van der Waals surface area contributed by atoms with Gasteiger partial charge in [0, 0.05) is 25.5 Å². The number of nitrogens with zero attached hydrogens (tertiary/aromatic N) is 2. The Hall–Kier alpha value is -2.37. The van der Waals surface area contributed by atoms with Crippen molar-refractivity contribution in [3.05, 3.63) is 36.0 Å². The van der Waals surface area contributed by atoms with E-state index in [1.807, 2.05) is 13.0 Å². The Bertz CT molecular complexity index is 718. The van der Waals surface area contributed by atoms with Gasteiger partial charge in [-0.05, 0) is 30.7 Å². The molecule has 0 unspecified atom stereocenters. The van der Waals surface area contributed by atoms with E-state index in [9.17, 15) is 13.2 Å². The summed E-state index contributed by atoms with van der Waals surface area (Å²) in [5.41, 5.74) is 0.266. The van der Waals surface area contributed by atoms with Crippen LogP contribution in [0.4, 0.5) is 5.69 Å². The number of benzene rings is 1. The lowest BCUT2D eigenvalue weighted by Gasteiger charge is -2.14. The molecule has 0 aliphatic heterocycles. The number of anilines is 1. The maximum absolute atomic E-state index is 12.0. The van der Waals surface area contributed by atoms with E-state index < -0.39 is 16.0 Å². The molecule has 1 aromatic carbocycles. The summed E-state index contributed by atoms with van der Waals surface area (Å²) in [5, 5.41) is 11.6. The molecule has 8 heteroatoms. The number of unbranched alkanes of at least 4 members (excludes halogenated alkanes) is 1. The highest BCUT2D eigenvalue weighted by Gasteiger charge is 2.12. The number of carbonyl (C=O) groups excluding carboxylic acids is 1. The first kappa shape index (κ1) is 18.7. The highest BCUT2D eigenvalue weighted by atomic mass is 32.2. The van der Waals surface area contributed by atoms with Gasteiger partial charge >= 0.3 is 0 Å². The van der Waals surface area contributed by atoms with Crippen molar-refractivity contribution in [3.8, 4) is 6.07 Å². The van der Waals surface area contributed by atoms with Gasteiger partial charge in [0.15, 0.2) is 0 Å². The van der Waals surface area contributed by atoms with Crippen LogP contribution in [0.3, 0.4) is 0 Å². The summed E-state index contributed by atoms with van der Waals surface area (Å²) in [5.74, 6) is -0.588. The van der Waals surface area contributed by atoms with E-state index in [1.165, 1.54) is 18.3 Å². The van der Waals surface area contributed by atoms with Gasteiger partial charge in [0.25, 0.3) is 16.0 Å². The molecule has 0 atom stereocenters. The monoisotopic (exact) mass is 337 g/mol. The highest BCUT2D eigenvalue weighted by Crippen LogP contribution is 2.14. The second-order valence-electron chi connectivity index (χ2n) is 4.94. The molecule has 0 spiro atoms. The number of nitriles is 1. The zero-order chi connectivity index (χ0) is 17.5. The van der Waals surface area contributed by atoms with Crippen LogP contribution in [0.25, 0.3) is 0 Å². The number of hydrogen-bond acceptors (Lipinski definition) is 5. The van der Waals surface area contributed by atoms with Crippen molar-refractivity contribution >= 4 is 21.7 Å². The van der Waals surface area contributed by atoms with Crippen molar-refractivity contribution in [3.63, 3.8) is 0 Å². The minimum atomic E-state index is -4.28. The summed E-state index contributed by atoms with van der Waals surface area (Å²) in [6, 6.07) is 6.82. The van der Waals surface area contributed by atoms with Gasteiger partial charge in [0.2, 0.25) is 0 Å². The van der Waals surface area contributed by atoms with Crippen LogP contribution < -0.4 is 5.32 Å². The third-order valence-corrected chi connectivity index (χ3v) is 3.86. The van der Waals surface area contributed by atoms with E-state index in [2.05, 4.69) is 5.32 Å². The largest absolute Gasteiger partial charge is 0.379 e. The quantitative estimate of drug-likeness (QED) is 0.447. The normalized spacial score (nSPS) is 11.7. The SMILES string of the molecule is CCCCN(C)/C=C(/C#N)C(=O)Nc1ccc(S(=O)(=O)O)cc1. The molecule has 0 aliphatic rings. The van der Waals surface area contributed by atoms with E-state index in [4.69, 9.17) is 9.81 Å². The summed E-state index contributed by atoms with van der Waals surface area (Å²) in [4.78, 5) is 13.5. The van der Waals surface area contributed by atoms with Gasteiger partial charge in [-0.15, -0.1) is 0 Å².